The summed E-state index contributed by atoms with van der Waals surface area (Å²) >= 11 is 6.35. The van der Waals surface area contributed by atoms with Crippen LogP contribution in [0.5, 0.6) is 0 Å². The van der Waals surface area contributed by atoms with Crippen molar-refractivity contribution < 1.29 is 46.5 Å². The number of hydrogen-bond donors (Lipinski definition) is 3. The molecule has 1 aliphatic rings. The molecular formula is C15H19ClN5NaO10S2. The molecule has 1 fully saturated rings. The summed E-state index contributed by atoms with van der Waals surface area (Å²) < 4.78 is 41.8. The van der Waals surface area contributed by atoms with E-state index in [9.17, 15) is 32.1 Å². The van der Waals surface area contributed by atoms with Gasteiger partial charge in [-0.05, 0) is 6.92 Å². The zero-order chi connectivity index (χ0) is 24.8. The van der Waals surface area contributed by atoms with Gasteiger partial charge in [0.1, 0.15) is 25.3 Å². The molecule has 15 nitrogen and oxygen atoms in total. The number of halogens is 1. The molecule has 2 atom stereocenters. The summed E-state index contributed by atoms with van der Waals surface area (Å²) in [5.74, 6) is -4.00. The zero-order valence-electron chi connectivity index (χ0n) is 17.0. The van der Waals surface area contributed by atoms with Gasteiger partial charge in [0.2, 0.25) is 5.91 Å². The monoisotopic (exact) mass is 551 g/mol. The van der Waals surface area contributed by atoms with E-state index in [1.165, 1.54) is 12.3 Å². The van der Waals surface area contributed by atoms with Crippen molar-refractivity contribution in [2.75, 3.05) is 31.5 Å². The molecule has 184 valence electrons. The molecule has 0 spiro atoms. The van der Waals surface area contributed by atoms with Crippen LogP contribution in [0.25, 0.3) is 0 Å². The number of rotatable bonds is 11. The molecule has 1 aliphatic heterocycles. The molecule has 0 bridgehead atoms. The van der Waals surface area contributed by atoms with Crippen LogP contribution in [0.3, 0.4) is 0 Å². The van der Waals surface area contributed by atoms with Crippen LogP contribution in [0.1, 0.15) is 12.6 Å². The number of nitrogens with zero attached hydrogens (tertiary/aromatic N) is 3. The SMILES string of the molecule is CCOC(=O)CO[C@H]1[C@H](NC(=O)C(=NOC)c2csc(NC(=O)CCl)n2)C(=O)N1S(=O)(=O)O.[NaH]. The van der Waals surface area contributed by atoms with Gasteiger partial charge in [-0.25, -0.2) is 9.78 Å². The van der Waals surface area contributed by atoms with E-state index in [0.717, 1.165) is 18.4 Å². The first-order valence-electron chi connectivity index (χ1n) is 8.85. The van der Waals surface area contributed by atoms with Crippen LogP contribution in [0.15, 0.2) is 10.5 Å². The van der Waals surface area contributed by atoms with Crippen LogP contribution in [0, 0.1) is 0 Å². The minimum absolute atomic E-state index is 0. The van der Waals surface area contributed by atoms with Crippen molar-refractivity contribution >= 4 is 97.3 Å². The first-order chi connectivity index (χ1) is 15.5. The van der Waals surface area contributed by atoms with Gasteiger partial charge in [0.15, 0.2) is 23.1 Å². The Hall–Kier alpha value is -1.86. The summed E-state index contributed by atoms with van der Waals surface area (Å²) in [6.07, 6.45) is -1.74. The predicted molar refractivity (Wildman–Crippen MR) is 119 cm³/mol. The first kappa shape index (κ1) is 30.2. The second kappa shape index (κ2) is 13.3. The summed E-state index contributed by atoms with van der Waals surface area (Å²) in [5.41, 5.74) is -0.478. The molecule has 3 amide bonds. The number of carbonyl (C=O) groups excluding carboxylic acids is 4. The van der Waals surface area contributed by atoms with E-state index >= 15 is 0 Å². The van der Waals surface area contributed by atoms with E-state index in [4.69, 9.17) is 16.3 Å². The summed E-state index contributed by atoms with van der Waals surface area (Å²) in [5, 5.41) is 9.54. The standard InChI is InChI=1S/C15H18ClN5O10S2.Na.H/c1-3-30-9(23)5-31-14-11(13(25)21(14)33(26,27)28)19-12(24)10(20-29-2)7-6-32-15(17-7)18-8(22)4-16;;/h6,11,14H,3-5H2,1-2H3,(H,19,24)(H,17,18,22)(H,26,27,28);;/t11-,14+;;/m1../s1. The Bertz CT molecular complexity index is 1070. The molecule has 1 aromatic heterocycles. The normalized spacial score (nSPS) is 17.8. The van der Waals surface area contributed by atoms with Crippen molar-refractivity contribution in [1.29, 1.82) is 0 Å². The van der Waals surface area contributed by atoms with Crippen molar-refractivity contribution in [2.45, 2.75) is 19.2 Å². The van der Waals surface area contributed by atoms with Gasteiger partial charge in [-0.2, -0.15) is 12.7 Å². The number of thiazole rings is 1. The molecule has 1 saturated heterocycles. The fourth-order valence-electron chi connectivity index (χ4n) is 2.43. The van der Waals surface area contributed by atoms with E-state index in [0.29, 0.717) is 0 Å². The zero-order valence-corrected chi connectivity index (χ0v) is 19.4. The number of carbonyl (C=O) groups is 4. The van der Waals surface area contributed by atoms with Gasteiger partial charge in [-0.15, -0.1) is 22.9 Å². The molecule has 19 heteroatoms. The van der Waals surface area contributed by atoms with Crippen LogP contribution < -0.4 is 10.6 Å². The quantitative estimate of drug-likeness (QED) is 0.0524. The molecule has 0 saturated carbocycles. The maximum atomic E-state index is 12.7. The van der Waals surface area contributed by atoms with Crippen LogP contribution in [0.4, 0.5) is 5.13 Å². The molecule has 0 radical (unpaired) electrons. The fourth-order valence-corrected chi connectivity index (χ4v) is 4.00. The molecule has 2 heterocycles. The van der Waals surface area contributed by atoms with Gasteiger partial charge < -0.3 is 24.9 Å². The van der Waals surface area contributed by atoms with Gasteiger partial charge >= 0.3 is 45.8 Å². The van der Waals surface area contributed by atoms with Crippen molar-refractivity contribution in [2.24, 2.45) is 5.16 Å². The number of esters is 1. The number of amides is 3. The number of alkyl halides is 1. The van der Waals surface area contributed by atoms with Crippen molar-refractivity contribution in [3.63, 3.8) is 0 Å². The Morgan fingerprint density at radius 2 is 2.06 bits per heavy atom. The molecule has 0 aliphatic carbocycles. The summed E-state index contributed by atoms with van der Waals surface area (Å²) in [4.78, 5) is 56.4. The molecule has 2 rings (SSSR count). The minimum atomic E-state index is -5.05. The molecule has 3 N–H and O–H groups in total. The third-order valence-electron chi connectivity index (χ3n) is 3.72. The van der Waals surface area contributed by atoms with Crippen LogP contribution in [-0.4, -0.2) is 120 Å². The predicted octanol–water partition coefficient (Wildman–Crippen LogP) is -1.94. The number of oxime groups is 1. The number of ether oxygens (including phenoxy) is 2. The van der Waals surface area contributed by atoms with E-state index < -0.39 is 58.6 Å². The Morgan fingerprint density at radius 1 is 1.38 bits per heavy atom. The van der Waals surface area contributed by atoms with Gasteiger partial charge in [0.25, 0.3) is 11.8 Å². The third-order valence-corrected chi connectivity index (χ3v) is 5.61. The van der Waals surface area contributed by atoms with Gasteiger partial charge in [-0.3, -0.25) is 18.9 Å². The Morgan fingerprint density at radius 3 is 2.62 bits per heavy atom. The van der Waals surface area contributed by atoms with E-state index in [1.807, 2.05) is 0 Å². The van der Waals surface area contributed by atoms with Gasteiger partial charge in [0.05, 0.1) is 6.61 Å². The van der Waals surface area contributed by atoms with Crippen LogP contribution in [0.2, 0.25) is 0 Å². The number of β-lactam (4-membered cyclic amide) rings is 1. The van der Waals surface area contributed by atoms with Crippen molar-refractivity contribution in [3.8, 4) is 0 Å². The third kappa shape index (κ3) is 7.57. The van der Waals surface area contributed by atoms with Crippen molar-refractivity contribution in [1.82, 2.24) is 14.6 Å². The molecule has 34 heavy (non-hydrogen) atoms. The van der Waals surface area contributed by atoms with Crippen LogP contribution >= 0.6 is 22.9 Å². The maximum absolute atomic E-state index is 12.7. The van der Waals surface area contributed by atoms with Crippen LogP contribution in [-0.2, 0) is 43.8 Å². The second-order valence-electron chi connectivity index (χ2n) is 5.91. The first-order valence-corrected chi connectivity index (χ1v) is 11.7. The average Bonchev–Trinajstić information content (AvgIpc) is 3.19. The van der Waals surface area contributed by atoms with E-state index in [-0.39, 0.29) is 57.2 Å². The van der Waals surface area contributed by atoms with Crippen molar-refractivity contribution in [3.05, 3.63) is 11.1 Å². The van der Waals surface area contributed by atoms with Gasteiger partial charge in [0, 0.05) is 5.38 Å². The Balaban J connectivity index is 0.00000578. The van der Waals surface area contributed by atoms with E-state index in [2.05, 4.69) is 30.3 Å². The Labute approximate surface area is 224 Å². The molecule has 0 unspecified atom stereocenters. The molecular weight excluding hydrogens is 533 g/mol. The Kier molecular flexibility index (Phi) is 11.8. The van der Waals surface area contributed by atoms with Gasteiger partial charge in [-0.1, -0.05) is 5.16 Å². The summed E-state index contributed by atoms with van der Waals surface area (Å²) in [6.45, 7) is 0.782. The number of anilines is 1. The topological polar surface area (TPSA) is 203 Å². The molecule has 0 aromatic carbocycles. The average molecular weight is 552 g/mol. The molecule has 1 aromatic rings. The number of aromatic nitrogens is 1. The fraction of sp³-hybridized carbons (Fsp3) is 0.467. The second-order valence-corrected chi connectivity index (χ2v) is 8.33. The van der Waals surface area contributed by atoms with E-state index in [1.54, 1.807) is 0 Å². The number of nitrogens with one attached hydrogen (secondary N) is 2. The summed E-state index contributed by atoms with van der Waals surface area (Å²) in [7, 11) is -3.91. The number of hydrogen-bond acceptors (Lipinski definition) is 12. The summed E-state index contributed by atoms with van der Waals surface area (Å²) in [6, 6.07) is -1.61.